The Labute approximate surface area is 238 Å². The van der Waals surface area contributed by atoms with Crippen molar-refractivity contribution in [2.45, 2.75) is 38.9 Å². The summed E-state index contributed by atoms with van der Waals surface area (Å²) in [7, 11) is 0. The average Bonchev–Trinajstić information content (AvgIpc) is 3.44. The molecule has 4 aromatic rings. The van der Waals surface area contributed by atoms with E-state index in [1.807, 2.05) is 24.4 Å². The quantitative estimate of drug-likeness (QED) is 0.259. The fourth-order valence-corrected chi connectivity index (χ4v) is 5.40. The second-order valence-electron chi connectivity index (χ2n) is 10.0. The van der Waals surface area contributed by atoms with Crippen molar-refractivity contribution in [1.82, 2.24) is 25.2 Å². The Morgan fingerprint density at radius 2 is 2.02 bits per heavy atom. The molecule has 0 saturated carbocycles. The Balaban J connectivity index is 1.19. The van der Waals surface area contributed by atoms with Crippen molar-refractivity contribution in [3.63, 3.8) is 0 Å². The highest BCUT2D eigenvalue weighted by molar-refractivity contribution is 6.31. The van der Waals surface area contributed by atoms with Gasteiger partial charge in [-0.25, -0.2) is 14.4 Å². The normalized spacial score (nSPS) is 14.5. The van der Waals surface area contributed by atoms with Crippen LogP contribution in [-0.4, -0.2) is 64.6 Å². The van der Waals surface area contributed by atoms with Crippen LogP contribution in [0, 0.1) is 5.82 Å². The Morgan fingerprint density at radius 3 is 2.83 bits per heavy atom. The maximum Gasteiger partial charge on any atom is 0.216 e. The van der Waals surface area contributed by atoms with Crippen LogP contribution >= 0.6 is 11.6 Å². The molecule has 1 fully saturated rings. The number of anilines is 2. The number of nitrogens with zero attached hydrogens (tertiary/aromatic N) is 4. The minimum absolute atomic E-state index is 0.0707. The number of piperidine rings is 1. The average molecular weight is 565 g/mol. The lowest BCUT2D eigenvalue weighted by Gasteiger charge is -2.32. The molecule has 1 saturated heterocycles. The number of hydrogen-bond acceptors (Lipinski definition) is 6. The third kappa shape index (κ3) is 6.96. The third-order valence-electron chi connectivity index (χ3n) is 7.28. The number of aromatic nitrogens is 3. The molecule has 1 aliphatic heterocycles. The molecule has 5 rings (SSSR count). The van der Waals surface area contributed by atoms with Gasteiger partial charge in [-0.05, 0) is 55.2 Å². The smallest absolute Gasteiger partial charge is 0.216 e. The molecule has 1 amide bonds. The van der Waals surface area contributed by atoms with Crippen molar-refractivity contribution in [3.8, 4) is 0 Å². The molecule has 2 aromatic heterocycles. The summed E-state index contributed by atoms with van der Waals surface area (Å²) < 4.78 is 20.4. The minimum Gasteiger partial charge on any atom is -0.373 e. The summed E-state index contributed by atoms with van der Waals surface area (Å²) in [6.45, 7) is 5.65. The lowest BCUT2D eigenvalue weighted by molar-refractivity contribution is -0.118. The molecule has 0 bridgehead atoms. The number of benzene rings is 2. The van der Waals surface area contributed by atoms with E-state index in [2.05, 4.69) is 42.2 Å². The van der Waals surface area contributed by atoms with Gasteiger partial charge in [-0.3, -0.25) is 4.79 Å². The first-order chi connectivity index (χ1) is 19.5. The van der Waals surface area contributed by atoms with E-state index in [0.29, 0.717) is 36.7 Å². The van der Waals surface area contributed by atoms with Gasteiger partial charge in [0.05, 0.1) is 18.1 Å². The van der Waals surface area contributed by atoms with E-state index in [1.54, 1.807) is 18.5 Å². The number of nitrogens with one attached hydrogen (secondary N) is 2. The molecule has 10 heteroatoms. The second-order valence-corrected chi connectivity index (χ2v) is 10.5. The highest BCUT2D eigenvalue weighted by Crippen LogP contribution is 2.30. The van der Waals surface area contributed by atoms with Gasteiger partial charge in [0, 0.05) is 62.1 Å². The highest BCUT2D eigenvalue weighted by Gasteiger charge is 2.21. The number of carbonyl (C=O) groups excluding carboxylic acids is 1. The van der Waals surface area contributed by atoms with Crippen molar-refractivity contribution >= 4 is 40.0 Å². The third-order valence-corrected chi connectivity index (χ3v) is 7.63. The van der Waals surface area contributed by atoms with Gasteiger partial charge in [-0.15, -0.1) is 0 Å². The van der Waals surface area contributed by atoms with Gasteiger partial charge in [-0.2, -0.15) is 0 Å². The molecular weight excluding hydrogens is 531 g/mol. The number of carbonyl (C=O) groups is 1. The molecule has 0 unspecified atom stereocenters. The number of rotatable bonds is 11. The molecule has 0 radical (unpaired) electrons. The fourth-order valence-electron chi connectivity index (χ4n) is 5.14. The van der Waals surface area contributed by atoms with E-state index in [4.69, 9.17) is 16.3 Å². The molecule has 0 aliphatic carbocycles. The number of fused-ring (bicyclic) bond motifs is 1. The van der Waals surface area contributed by atoms with Gasteiger partial charge in [-0.1, -0.05) is 29.8 Å². The van der Waals surface area contributed by atoms with Crippen LogP contribution in [0.3, 0.4) is 0 Å². The minimum atomic E-state index is -0.237. The predicted octanol–water partition coefficient (Wildman–Crippen LogP) is 5.25. The van der Waals surface area contributed by atoms with Crippen LogP contribution in [-0.2, 0) is 22.6 Å². The van der Waals surface area contributed by atoms with Crippen LogP contribution in [0.25, 0.3) is 11.0 Å². The zero-order valence-electron chi connectivity index (χ0n) is 22.6. The number of aromatic amines is 1. The molecule has 1 aliphatic rings. The van der Waals surface area contributed by atoms with Gasteiger partial charge >= 0.3 is 0 Å². The number of halogens is 2. The molecule has 3 heterocycles. The first-order valence-electron chi connectivity index (χ1n) is 13.6. The summed E-state index contributed by atoms with van der Waals surface area (Å²) in [5, 5.41) is 4.29. The van der Waals surface area contributed by atoms with E-state index in [-0.39, 0.29) is 17.8 Å². The molecule has 2 N–H and O–H groups in total. The van der Waals surface area contributed by atoms with Crippen LogP contribution in [0.4, 0.5) is 15.9 Å². The van der Waals surface area contributed by atoms with Crippen molar-refractivity contribution in [3.05, 3.63) is 83.0 Å². The first-order valence-corrected chi connectivity index (χ1v) is 14.0. The summed E-state index contributed by atoms with van der Waals surface area (Å²) in [5.41, 5.74) is 3.39. The van der Waals surface area contributed by atoms with Crippen molar-refractivity contribution < 1.29 is 13.9 Å². The number of likely N-dealkylation sites (tertiary alicyclic amines) is 1. The SMILES string of the molecule is CC(=O)NCCN(c1cccc(COC2CCN(CCc3c(F)cccc3Cl)CC2)c1)c1ncnc2[nH]ccc12. The zero-order valence-corrected chi connectivity index (χ0v) is 23.3. The highest BCUT2D eigenvalue weighted by atomic mass is 35.5. The molecular formula is C30H34ClFN6O2. The number of H-pyrrole nitrogens is 1. The molecule has 0 atom stereocenters. The Morgan fingerprint density at radius 1 is 1.20 bits per heavy atom. The van der Waals surface area contributed by atoms with Crippen LogP contribution in [0.2, 0.25) is 5.02 Å². The zero-order chi connectivity index (χ0) is 27.9. The van der Waals surface area contributed by atoms with Gasteiger partial charge in [0.15, 0.2) is 0 Å². The Kier molecular flexibility index (Phi) is 9.26. The van der Waals surface area contributed by atoms with Gasteiger partial charge in [0.2, 0.25) is 5.91 Å². The van der Waals surface area contributed by atoms with Crippen LogP contribution in [0.1, 0.15) is 30.9 Å². The van der Waals surface area contributed by atoms with Crippen molar-refractivity contribution in [2.24, 2.45) is 0 Å². The number of amides is 1. The maximum atomic E-state index is 14.1. The fraction of sp³-hybridized carbons (Fsp3) is 0.367. The van der Waals surface area contributed by atoms with Gasteiger partial charge < -0.3 is 24.8 Å². The van der Waals surface area contributed by atoms with E-state index in [0.717, 1.165) is 60.6 Å². The lowest BCUT2D eigenvalue weighted by atomic mass is 10.1. The summed E-state index contributed by atoms with van der Waals surface area (Å²) in [6.07, 6.45) is 6.03. The molecule has 8 nitrogen and oxygen atoms in total. The topological polar surface area (TPSA) is 86.4 Å². The molecule has 210 valence electrons. The van der Waals surface area contributed by atoms with Crippen LogP contribution in [0.15, 0.2) is 61.1 Å². The van der Waals surface area contributed by atoms with Crippen molar-refractivity contribution in [1.29, 1.82) is 0 Å². The molecule has 2 aromatic carbocycles. The predicted molar refractivity (Wildman–Crippen MR) is 155 cm³/mol. The van der Waals surface area contributed by atoms with Gasteiger partial charge in [0.25, 0.3) is 0 Å². The van der Waals surface area contributed by atoms with E-state index >= 15 is 0 Å². The number of ether oxygens (including phenoxy) is 1. The summed E-state index contributed by atoms with van der Waals surface area (Å²) in [6, 6.07) is 15.0. The summed E-state index contributed by atoms with van der Waals surface area (Å²) >= 11 is 6.19. The second kappa shape index (κ2) is 13.2. The van der Waals surface area contributed by atoms with E-state index in [1.165, 1.54) is 13.0 Å². The molecule has 40 heavy (non-hydrogen) atoms. The largest absolute Gasteiger partial charge is 0.373 e. The summed E-state index contributed by atoms with van der Waals surface area (Å²) in [5.74, 6) is 0.469. The monoisotopic (exact) mass is 564 g/mol. The first kappa shape index (κ1) is 28.0. The van der Waals surface area contributed by atoms with Crippen LogP contribution in [0.5, 0.6) is 0 Å². The van der Waals surface area contributed by atoms with E-state index in [9.17, 15) is 9.18 Å². The van der Waals surface area contributed by atoms with Gasteiger partial charge in [0.1, 0.15) is 23.6 Å². The Bertz CT molecular complexity index is 1420. The van der Waals surface area contributed by atoms with E-state index < -0.39 is 0 Å². The standard InChI is InChI=1S/C30H34ClFN6O2/c1-21(39)33-13-17-38(30-26-8-12-34-29(26)35-20-36-30)23-5-2-4-22(18-23)19-40-24-9-14-37(15-10-24)16-11-25-27(31)6-3-7-28(25)32/h2-8,12,18,20,24H,9-11,13-17,19H2,1H3,(H,33,39)(H,34,35,36). The molecule has 0 spiro atoms. The summed E-state index contributed by atoms with van der Waals surface area (Å²) in [4.78, 5) is 28.0. The number of hydrogen-bond donors (Lipinski definition) is 2. The van der Waals surface area contributed by atoms with Crippen molar-refractivity contribution in [2.75, 3.05) is 37.6 Å². The van der Waals surface area contributed by atoms with Crippen LogP contribution < -0.4 is 10.2 Å². The maximum absolute atomic E-state index is 14.1. The Hall–Kier alpha value is -3.53. The lowest BCUT2D eigenvalue weighted by Crippen LogP contribution is -2.38.